The van der Waals surface area contributed by atoms with Crippen LogP contribution < -0.4 is 5.32 Å². The highest BCUT2D eigenvalue weighted by Gasteiger charge is 2.27. The Labute approximate surface area is 122 Å². The number of nitrogens with one attached hydrogen (secondary N) is 1. The van der Waals surface area contributed by atoms with Crippen molar-refractivity contribution in [3.05, 3.63) is 34.1 Å². The van der Waals surface area contributed by atoms with E-state index in [1.54, 1.807) is 12.1 Å². The van der Waals surface area contributed by atoms with Gasteiger partial charge >= 0.3 is 0 Å². The van der Waals surface area contributed by atoms with E-state index in [4.69, 9.17) is 4.74 Å². The van der Waals surface area contributed by atoms with E-state index < -0.39 is 0 Å². The Morgan fingerprint density at radius 1 is 1.42 bits per heavy atom. The smallest absolute Gasteiger partial charge is 0.128 e. The monoisotopic (exact) mass is 329 g/mol. The number of hydrogen-bond donors (Lipinski definition) is 1. The highest BCUT2D eigenvalue weighted by Crippen LogP contribution is 2.32. The maximum Gasteiger partial charge on any atom is 0.128 e. The third-order valence-electron chi connectivity index (χ3n) is 3.64. The minimum absolute atomic E-state index is 0.0846. The van der Waals surface area contributed by atoms with Crippen molar-refractivity contribution in [2.75, 3.05) is 19.8 Å². The summed E-state index contributed by atoms with van der Waals surface area (Å²) < 4.78 is 20.5. The molecule has 1 aromatic rings. The molecule has 4 heteroatoms. The quantitative estimate of drug-likeness (QED) is 0.879. The second-order valence-electron chi connectivity index (χ2n) is 5.05. The van der Waals surface area contributed by atoms with E-state index in [1.807, 2.05) is 6.07 Å². The van der Waals surface area contributed by atoms with Gasteiger partial charge in [0.25, 0.3) is 0 Å². The summed E-state index contributed by atoms with van der Waals surface area (Å²) in [4.78, 5) is 0. The van der Waals surface area contributed by atoms with Crippen molar-refractivity contribution in [1.82, 2.24) is 5.32 Å². The van der Waals surface area contributed by atoms with Gasteiger partial charge in [0.15, 0.2) is 0 Å². The van der Waals surface area contributed by atoms with Crippen LogP contribution in [-0.2, 0) is 4.74 Å². The normalized spacial score (nSPS) is 18.5. The molecule has 0 spiro atoms. The zero-order valence-corrected chi connectivity index (χ0v) is 12.9. The predicted molar refractivity (Wildman–Crippen MR) is 78.7 cm³/mol. The average Bonchev–Trinajstić information content (AvgIpc) is 2.44. The number of halogens is 2. The van der Waals surface area contributed by atoms with Crippen LogP contribution in [0.3, 0.4) is 0 Å². The standard InChI is InChI=1S/C15H21BrFNO/c1-2-7-18-15(11-5-8-19-9-6-11)13-10-12(16)3-4-14(13)17/h3-4,10-11,15,18H,2,5-9H2,1H3. The molecule has 2 nitrogen and oxygen atoms in total. The van der Waals surface area contributed by atoms with Crippen LogP contribution in [0.4, 0.5) is 4.39 Å². The molecule has 19 heavy (non-hydrogen) atoms. The number of hydrogen-bond acceptors (Lipinski definition) is 2. The molecule has 1 atom stereocenters. The van der Waals surface area contributed by atoms with E-state index in [1.165, 1.54) is 0 Å². The first-order chi connectivity index (χ1) is 9.22. The summed E-state index contributed by atoms with van der Waals surface area (Å²) in [5, 5.41) is 3.51. The van der Waals surface area contributed by atoms with E-state index in [9.17, 15) is 4.39 Å². The van der Waals surface area contributed by atoms with E-state index in [-0.39, 0.29) is 11.9 Å². The van der Waals surface area contributed by atoms with Crippen molar-refractivity contribution >= 4 is 15.9 Å². The summed E-state index contributed by atoms with van der Waals surface area (Å²) in [6.07, 6.45) is 3.04. The summed E-state index contributed by atoms with van der Waals surface area (Å²) in [6, 6.07) is 5.28. The molecule has 106 valence electrons. The third-order valence-corrected chi connectivity index (χ3v) is 4.14. The minimum Gasteiger partial charge on any atom is -0.381 e. The molecular weight excluding hydrogens is 309 g/mol. The van der Waals surface area contributed by atoms with Gasteiger partial charge in [-0.05, 0) is 49.9 Å². The Balaban J connectivity index is 2.22. The SMILES string of the molecule is CCCNC(c1cc(Br)ccc1F)C1CCOCC1. The van der Waals surface area contributed by atoms with Gasteiger partial charge in [-0.1, -0.05) is 22.9 Å². The van der Waals surface area contributed by atoms with Gasteiger partial charge in [-0.2, -0.15) is 0 Å². The van der Waals surface area contributed by atoms with Gasteiger partial charge in [-0.25, -0.2) is 4.39 Å². The average molecular weight is 330 g/mol. The Hall–Kier alpha value is -0.450. The van der Waals surface area contributed by atoms with Crippen molar-refractivity contribution in [1.29, 1.82) is 0 Å². The molecule has 0 saturated carbocycles. The second kappa shape index (κ2) is 7.36. The number of rotatable bonds is 5. The summed E-state index contributed by atoms with van der Waals surface area (Å²) >= 11 is 3.44. The summed E-state index contributed by atoms with van der Waals surface area (Å²) in [5.41, 5.74) is 0.773. The van der Waals surface area contributed by atoms with Crippen LogP contribution in [0.25, 0.3) is 0 Å². The molecular formula is C15H21BrFNO. The zero-order chi connectivity index (χ0) is 13.7. The van der Waals surface area contributed by atoms with Gasteiger partial charge in [0.1, 0.15) is 5.82 Å². The predicted octanol–water partition coefficient (Wildman–Crippen LogP) is 4.06. The molecule has 0 bridgehead atoms. The molecule has 2 rings (SSSR count). The third kappa shape index (κ3) is 4.01. The first-order valence-corrected chi connectivity index (χ1v) is 7.77. The Kier molecular flexibility index (Phi) is 5.79. The Bertz CT molecular complexity index is 407. The maximum atomic E-state index is 14.1. The van der Waals surface area contributed by atoms with Gasteiger partial charge in [0, 0.05) is 29.3 Å². The van der Waals surface area contributed by atoms with Gasteiger partial charge in [-0.3, -0.25) is 0 Å². The van der Waals surface area contributed by atoms with Crippen LogP contribution in [0.15, 0.2) is 22.7 Å². The molecule has 1 heterocycles. The molecule has 0 radical (unpaired) electrons. The molecule has 0 aliphatic carbocycles. The lowest BCUT2D eigenvalue weighted by Gasteiger charge is -2.31. The number of benzene rings is 1. The highest BCUT2D eigenvalue weighted by atomic mass is 79.9. The van der Waals surface area contributed by atoms with Crippen molar-refractivity contribution in [3.8, 4) is 0 Å². The van der Waals surface area contributed by atoms with Crippen LogP contribution in [0.5, 0.6) is 0 Å². The van der Waals surface area contributed by atoms with Crippen LogP contribution in [0, 0.1) is 11.7 Å². The van der Waals surface area contributed by atoms with E-state index >= 15 is 0 Å². The van der Waals surface area contributed by atoms with E-state index in [0.29, 0.717) is 5.92 Å². The van der Waals surface area contributed by atoms with Crippen molar-refractivity contribution in [3.63, 3.8) is 0 Å². The van der Waals surface area contributed by atoms with Crippen LogP contribution >= 0.6 is 15.9 Å². The van der Waals surface area contributed by atoms with E-state index in [0.717, 1.165) is 49.1 Å². The molecule has 1 aliphatic rings. The van der Waals surface area contributed by atoms with Crippen LogP contribution in [0.1, 0.15) is 37.8 Å². The van der Waals surface area contributed by atoms with Crippen LogP contribution in [0.2, 0.25) is 0 Å². The van der Waals surface area contributed by atoms with E-state index in [2.05, 4.69) is 28.2 Å². The van der Waals surface area contributed by atoms with Crippen molar-refractivity contribution in [2.24, 2.45) is 5.92 Å². The van der Waals surface area contributed by atoms with Crippen molar-refractivity contribution < 1.29 is 9.13 Å². The van der Waals surface area contributed by atoms with Crippen LogP contribution in [-0.4, -0.2) is 19.8 Å². The highest BCUT2D eigenvalue weighted by molar-refractivity contribution is 9.10. The molecule has 1 fully saturated rings. The molecule has 1 aromatic carbocycles. The van der Waals surface area contributed by atoms with Gasteiger partial charge < -0.3 is 10.1 Å². The first-order valence-electron chi connectivity index (χ1n) is 6.98. The summed E-state index contributed by atoms with van der Waals surface area (Å²) in [7, 11) is 0. The lowest BCUT2D eigenvalue weighted by molar-refractivity contribution is 0.0531. The lowest BCUT2D eigenvalue weighted by atomic mass is 9.86. The Morgan fingerprint density at radius 3 is 2.84 bits per heavy atom. The van der Waals surface area contributed by atoms with Crippen molar-refractivity contribution in [2.45, 2.75) is 32.2 Å². The number of ether oxygens (including phenoxy) is 1. The summed E-state index contributed by atoms with van der Waals surface area (Å²) in [6.45, 7) is 4.61. The fourth-order valence-corrected chi connectivity index (χ4v) is 3.01. The molecule has 0 aromatic heterocycles. The van der Waals surface area contributed by atoms with Gasteiger partial charge in [0.2, 0.25) is 0 Å². The Morgan fingerprint density at radius 2 is 2.16 bits per heavy atom. The molecule has 1 N–H and O–H groups in total. The fraction of sp³-hybridized carbons (Fsp3) is 0.600. The minimum atomic E-state index is -0.122. The molecule has 1 unspecified atom stereocenters. The molecule has 0 amide bonds. The topological polar surface area (TPSA) is 21.3 Å². The molecule has 1 saturated heterocycles. The first kappa shape index (κ1) is 14.9. The zero-order valence-electron chi connectivity index (χ0n) is 11.3. The maximum absolute atomic E-state index is 14.1. The summed E-state index contributed by atoms with van der Waals surface area (Å²) in [5.74, 6) is 0.326. The lowest BCUT2D eigenvalue weighted by Crippen LogP contribution is -2.33. The largest absolute Gasteiger partial charge is 0.381 e. The fourth-order valence-electron chi connectivity index (χ4n) is 2.63. The van der Waals surface area contributed by atoms with Gasteiger partial charge in [0.05, 0.1) is 0 Å². The van der Waals surface area contributed by atoms with Gasteiger partial charge in [-0.15, -0.1) is 0 Å². The molecule has 1 aliphatic heterocycles. The second-order valence-corrected chi connectivity index (χ2v) is 5.96.